The maximum absolute atomic E-state index is 14.4. The quantitative estimate of drug-likeness (QED) is 0.206. The highest BCUT2D eigenvalue weighted by atomic mass is 79.9. The van der Waals surface area contributed by atoms with Gasteiger partial charge in [-0.05, 0) is 81.3 Å². The van der Waals surface area contributed by atoms with Gasteiger partial charge in [0.05, 0.1) is 48.0 Å². The van der Waals surface area contributed by atoms with Gasteiger partial charge in [-0.1, -0.05) is 40.2 Å². The summed E-state index contributed by atoms with van der Waals surface area (Å²) in [7, 11) is 0. The Morgan fingerprint density at radius 3 is 2.65 bits per heavy atom. The summed E-state index contributed by atoms with van der Waals surface area (Å²) >= 11 is 3.52. The minimum Gasteiger partial charge on any atom is -0.391 e. The van der Waals surface area contributed by atoms with E-state index in [9.17, 15) is 19.5 Å². The smallest absolute Gasteiger partial charge is 0.333 e. The van der Waals surface area contributed by atoms with E-state index in [2.05, 4.69) is 31.4 Å². The monoisotopic (exact) mass is 750 g/mol. The second-order valence-electron chi connectivity index (χ2n) is 13.1. The van der Waals surface area contributed by atoms with Gasteiger partial charge in [0.1, 0.15) is 5.69 Å². The van der Waals surface area contributed by atoms with Gasteiger partial charge < -0.3 is 15.3 Å². The summed E-state index contributed by atoms with van der Waals surface area (Å²) in [4.78, 5) is 44.4. The van der Waals surface area contributed by atoms with Crippen molar-refractivity contribution in [1.29, 1.82) is 0 Å². The molecule has 12 nitrogen and oxygen atoms in total. The molecule has 0 unspecified atom stereocenters. The molecule has 7 rings (SSSR count). The van der Waals surface area contributed by atoms with Gasteiger partial charge in [-0.15, -0.1) is 0 Å². The predicted molar refractivity (Wildman–Crippen MR) is 198 cm³/mol. The molecule has 2 atom stereocenters. The van der Waals surface area contributed by atoms with Crippen molar-refractivity contribution >= 4 is 38.6 Å². The summed E-state index contributed by atoms with van der Waals surface area (Å²) in [5, 5.41) is 22.9. The average molecular weight is 752 g/mol. The molecule has 4 heterocycles. The lowest BCUT2D eigenvalue weighted by Gasteiger charge is -2.34. The molecule has 0 spiro atoms. The first-order valence-corrected chi connectivity index (χ1v) is 17.8. The highest BCUT2D eigenvalue weighted by Crippen LogP contribution is 2.28. The number of aliphatic hydroxyl groups is 1. The zero-order valence-corrected chi connectivity index (χ0v) is 30.5. The van der Waals surface area contributed by atoms with Gasteiger partial charge in [0, 0.05) is 52.9 Å². The largest absolute Gasteiger partial charge is 0.391 e. The van der Waals surface area contributed by atoms with E-state index in [-0.39, 0.29) is 43.0 Å². The molecule has 0 radical (unpaired) electrons. The van der Waals surface area contributed by atoms with Crippen molar-refractivity contribution in [3.8, 4) is 16.9 Å². The fourth-order valence-corrected chi connectivity index (χ4v) is 7.03. The molecule has 6 aromatic rings. The highest BCUT2D eigenvalue weighted by molar-refractivity contribution is 9.10. The number of aryl methyl sites for hydroxylation is 2. The summed E-state index contributed by atoms with van der Waals surface area (Å²) in [6, 6.07) is 20.3. The summed E-state index contributed by atoms with van der Waals surface area (Å²) in [5.74, 6) is -0.621. The van der Waals surface area contributed by atoms with E-state index in [4.69, 9.17) is 0 Å². The summed E-state index contributed by atoms with van der Waals surface area (Å²) < 4.78 is 7.52. The van der Waals surface area contributed by atoms with Gasteiger partial charge >= 0.3 is 5.69 Å². The molecule has 2 N–H and O–H groups in total. The first kappa shape index (κ1) is 34.2. The summed E-state index contributed by atoms with van der Waals surface area (Å²) in [6.07, 6.45) is 3.01. The van der Waals surface area contributed by atoms with E-state index >= 15 is 0 Å². The molecule has 1 aliphatic heterocycles. The molecule has 0 saturated carbocycles. The van der Waals surface area contributed by atoms with Crippen LogP contribution < -0.4 is 11.0 Å². The Hall–Kier alpha value is -5.27. The number of amides is 2. The Morgan fingerprint density at radius 2 is 1.90 bits per heavy atom. The van der Waals surface area contributed by atoms with Gasteiger partial charge in [-0.2, -0.15) is 10.2 Å². The average Bonchev–Trinajstić information content (AvgIpc) is 3.83. The third-order valence-electron chi connectivity index (χ3n) is 9.44. The number of aromatic nitrogens is 6. The zero-order valence-electron chi connectivity index (χ0n) is 28.9. The van der Waals surface area contributed by atoms with Crippen LogP contribution in [0.2, 0.25) is 0 Å². The molecule has 262 valence electrons. The predicted octanol–water partition coefficient (Wildman–Crippen LogP) is 5.30. The third-order valence-corrected chi connectivity index (χ3v) is 10.3. The Kier molecular flexibility index (Phi) is 9.25. The van der Waals surface area contributed by atoms with Crippen molar-refractivity contribution in [3.63, 3.8) is 0 Å². The number of fused-ring (bicyclic) bond motifs is 2. The zero-order chi connectivity index (χ0) is 36.0. The van der Waals surface area contributed by atoms with Crippen LogP contribution in [0.15, 0.2) is 88.4 Å². The number of rotatable bonds is 9. The van der Waals surface area contributed by atoms with E-state index in [0.717, 1.165) is 44.3 Å². The molecule has 3 aromatic heterocycles. The van der Waals surface area contributed by atoms with Crippen molar-refractivity contribution in [3.05, 3.63) is 122 Å². The van der Waals surface area contributed by atoms with Gasteiger partial charge in [-0.25, -0.2) is 4.79 Å². The maximum atomic E-state index is 14.4. The number of carbonyl (C=O) groups excluding carboxylic acids is 2. The highest BCUT2D eigenvalue weighted by Gasteiger charge is 2.35. The van der Waals surface area contributed by atoms with Crippen LogP contribution in [0.25, 0.3) is 27.8 Å². The van der Waals surface area contributed by atoms with Crippen molar-refractivity contribution in [2.45, 2.75) is 72.6 Å². The topological polar surface area (TPSA) is 132 Å². The number of hydrogen-bond donors (Lipinski definition) is 2. The Balaban J connectivity index is 1.29. The van der Waals surface area contributed by atoms with Crippen molar-refractivity contribution in [2.75, 3.05) is 0 Å². The molecule has 3 aromatic carbocycles. The summed E-state index contributed by atoms with van der Waals surface area (Å²) in [5.41, 5.74) is 5.58. The Bertz CT molecular complexity index is 2350. The standard InChI is InChI=1S/C38H39BrN8O4/c1-5-43-15-14-32(42-43)30-9-7-6-8-27(30)18-40-36(49)35-34-22-44(37(50)26-10-12-31(39)23(2)16-26)24(3)20-45(34)38(51)47(35)29-11-13-33-28(17-29)19-41-46(33)21-25(4)48/h6-17,19,24-25,48H,5,18,20-22H2,1-4H3,(H,40,49)/t24-,25+/m0/s1. The number of nitrogens with zero attached hydrogens (tertiary/aromatic N) is 7. The first-order chi connectivity index (χ1) is 24.5. The molecule has 1 aliphatic rings. The van der Waals surface area contributed by atoms with Gasteiger partial charge in [0.15, 0.2) is 0 Å². The van der Waals surface area contributed by atoms with E-state index in [1.54, 1.807) is 39.4 Å². The van der Waals surface area contributed by atoms with Crippen LogP contribution in [0.4, 0.5) is 0 Å². The molecule has 0 fully saturated rings. The first-order valence-electron chi connectivity index (χ1n) is 17.0. The van der Waals surface area contributed by atoms with Crippen LogP contribution in [0, 0.1) is 6.92 Å². The van der Waals surface area contributed by atoms with E-state index in [0.29, 0.717) is 23.5 Å². The second kappa shape index (κ2) is 13.8. The Labute approximate surface area is 303 Å². The van der Waals surface area contributed by atoms with Crippen molar-refractivity contribution < 1.29 is 14.7 Å². The third kappa shape index (κ3) is 6.43. The summed E-state index contributed by atoms with van der Waals surface area (Å²) in [6.45, 7) is 9.10. The fourth-order valence-electron chi connectivity index (χ4n) is 6.78. The Morgan fingerprint density at radius 1 is 1.10 bits per heavy atom. The number of halogens is 1. The fraction of sp³-hybridized carbons (Fsp3) is 0.289. The van der Waals surface area contributed by atoms with E-state index in [1.807, 2.05) is 86.2 Å². The van der Waals surface area contributed by atoms with E-state index < -0.39 is 12.0 Å². The van der Waals surface area contributed by atoms with Crippen LogP contribution in [0.3, 0.4) is 0 Å². The van der Waals surface area contributed by atoms with Gasteiger partial charge in [0.2, 0.25) is 0 Å². The molecular weight excluding hydrogens is 712 g/mol. The van der Waals surface area contributed by atoms with Crippen LogP contribution in [0.1, 0.15) is 58.4 Å². The van der Waals surface area contributed by atoms with Crippen molar-refractivity contribution in [2.24, 2.45) is 0 Å². The lowest BCUT2D eigenvalue weighted by molar-refractivity contribution is 0.0610. The number of aliphatic hydroxyl groups excluding tert-OH is 1. The molecular formula is C38H39BrN8O4. The van der Waals surface area contributed by atoms with Crippen LogP contribution >= 0.6 is 15.9 Å². The molecule has 51 heavy (non-hydrogen) atoms. The molecule has 0 saturated heterocycles. The van der Waals surface area contributed by atoms with E-state index in [1.165, 1.54) is 4.57 Å². The molecule has 13 heteroatoms. The minimum absolute atomic E-state index is 0.0692. The SMILES string of the molecule is CCn1ccc(-c2ccccc2CNC(=O)c2c3n(c(=O)n2-c2ccc4c(cnn4C[C@@H](C)O)c2)C[C@H](C)N(C(=O)c2ccc(Br)c(C)c2)C3)n1. The molecule has 0 aliphatic carbocycles. The number of hydrogen-bond acceptors (Lipinski definition) is 6. The number of carbonyl (C=O) groups is 2. The second-order valence-corrected chi connectivity index (χ2v) is 13.9. The normalized spacial score (nSPS) is 14.9. The maximum Gasteiger partial charge on any atom is 0.333 e. The van der Waals surface area contributed by atoms with Crippen LogP contribution in [-0.2, 0) is 32.7 Å². The lowest BCUT2D eigenvalue weighted by Crippen LogP contribution is -2.47. The lowest BCUT2D eigenvalue weighted by atomic mass is 10.0. The number of benzene rings is 3. The van der Waals surface area contributed by atoms with Gasteiger partial charge in [-0.3, -0.25) is 28.1 Å². The number of nitrogens with one attached hydrogen (secondary N) is 1. The minimum atomic E-state index is -0.592. The van der Waals surface area contributed by atoms with Crippen LogP contribution in [0.5, 0.6) is 0 Å². The molecule has 2 amide bonds. The van der Waals surface area contributed by atoms with Crippen LogP contribution in [-0.4, -0.2) is 62.7 Å². The van der Waals surface area contributed by atoms with Crippen molar-refractivity contribution in [1.82, 2.24) is 38.9 Å². The number of imidazole rings is 1. The molecule has 0 bridgehead atoms. The van der Waals surface area contributed by atoms with Gasteiger partial charge in [0.25, 0.3) is 11.8 Å².